The summed E-state index contributed by atoms with van der Waals surface area (Å²) in [5, 5.41) is 3.88. The van der Waals surface area contributed by atoms with Gasteiger partial charge in [0.05, 0.1) is 0 Å². The fourth-order valence-corrected chi connectivity index (χ4v) is 4.23. The minimum atomic E-state index is 0.457. The van der Waals surface area contributed by atoms with Crippen LogP contribution in [0.1, 0.15) is 52.4 Å². The minimum absolute atomic E-state index is 0.457. The number of hydrogen-bond acceptors (Lipinski definition) is 3. The maximum Gasteiger partial charge on any atom is 0.0309 e. The van der Waals surface area contributed by atoms with Crippen LogP contribution in [0.25, 0.3) is 0 Å². The molecule has 1 saturated heterocycles. The Labute approximate surface area is 117 Å². The zero-order valence-corrected chi connectivity index (χ0v) is 13.2. The van der Waals surface area contributed by atoms with Crippen molar-refractivity contribution in [3.05, 3.63) is 0 Å². The molecular weight excluding hydrogens is 240 g/mol. The van der Waals surface area contributed by atoms with E-state index in [0.717, 1.165) is 6.04 Å². The highest BCUT2D eigenvalue weighted by Crippen LogP contribution is 2.32. The molecule has 0 bridgehead atoms. The second-order valence-electron chi connectivity index (χ2n) is 6.37. The molecule has 0 aromatic rings. The lowest BCUT2D eigenvalue weighted by Crippen LogP contribution is -2.65. The Morgan fingerprint density at radius 3 is 2.72 bits per heavy atom. The molecule has 0 amide bonds. The molecule has 0 aromatic carbocycles. The maximum absolute atomic E-state index is 3.88. The molecule has 106 valence electrons. The van der Waals surface area contributed by atoms with Crippen LogP contribution < -0.4 is 5.32 Å². The summed E-state index contributed by atoms with van der Waals surface area (Å²) in [5.41, 5.74) is 0.457. The van der Waals surface area contributed by atoms with Crippen LogP contribution in [-0.4, -0.2) is 47.6 Å². The van der Waals surface area contributed by atoms with Gasteiger partial charge in [0.1, 0.15) is 0 Å². The zero-order valence-electron chi connectivity index (χ0n) is 12.4. The molecule has 3 heteroatoms. The Balaban J connectivity index is 1.95. The molecule has 0 radical (unpaired) electrons. The van der Waals surface area contributed by atoms with Gasteiger partial charge in [-0.25, -0.2) is 0 Å². The predicted octanol–water partition coefficient (Wildman–Crippen LogP) is 3.12. The van der Waals surface area contributed by atoms with Crippen LogP contribution in [0.15, 0.2) is 0 Å². The van der Waals surface area contributed by atoms with Crippen molar-refractivity contribution in [3.8, 4) is 0 Å². The smallest absolute Gasteiger partial charge is 0.0309 e. The monoisotopic (exact) mass is 270 g/mol. The molecule has 2 aliphatic rings. The van der Waals surface area contributed by atoms with Gasteiger partial charge in [-0.3, -0.25) is 4.90 Å². The van der Waals surface area contributed by atoms with E-state index < -0.39 is 0 Å². The third kappa shape index (κ3) is 3.43. The molecule has 18 heavy (non-hydrogen) atoms. The Bertz CT molecular complexity index is 251. The number of hydrogen-bond donors (Lipinski definition) is 1. The summed E-state index contributed by atoms with van der Waals surface area (Å²) in [6.45, 7) is 7.28. The number of thioether (sulfide) groups is 1. The van der Waals surface area contributed by atoms with E-state index in [1.165, 1.54) is 57.4 Å². The van der Waals surface area contributed by atoms with Gasteiger partial charge in [0.15, 0.2) is 0 Å². The molecule has 1 N–H and O–H groups in total. The number of piperazine rings is 1. The summed E-state index contributed by atoms with van der Waals surface area (Å²) in [7, 11) is 0. The van der Waals surface area contributed by atoms with Crippen LogP contribution >= 0.6 is 11.8 Å². The minimum Gasteiger partial charge on any atom is -0.308 e. The molecule has 2 unspecified atom stereocenters. The van der Waals surface area contributed by atoms with Crippen molar-refractivity contribution in [3.63, 3.8) is 0 Å². The lowest BCUT2D eigenvalue weighted by atomic mass is 9.79. The molecule has 2 fully saturated rings. The Hall–Kier alpha value is 0.270. The van der Waals surface area contributed by atoms with E-state index in [0.29, 0.717) is 11.6 Å². The van der Waals surface area contributed by atoms with Crippen LogP contribution in [0, 0.1) is 0 Å². The first-order chi connectivity index (χ1) is 8.67. The largest absolute Gasteiger partial charge is 0.308 e. The van der Waals surface area contributed by atoms with Crippen molar-refractivity contribution in [2.24, 2.45) is 0 Å². The summed E-state index contributed by atoms with van der Waals surface area (Å²) in [6, 6.07) is 1.45. The molecule has 2 rings (SSSR count). The van der Waals surface area contributed by atoms with Crippen LogP contribution in [0.2, 0.25) is 0 Å². The lowest BCUT2D eigenvalue weighted by molar-refractivity contribution is 0.0353. The molecule has 1 aliphatic heterocycles. The zero-order chi connectivity index (χ0) is 13.0. The summed E-state index contributed by atoms with van der Waals surface area (Å²) in [6.07, 6.45) is 10.6. The second kappa shape index (κ2) is 6.62. The van der Waals surface area contributed by atoms with Crippen molar-refractivity contribution >= 4 is 11.8 Å². The maximum atomic E-state index is 3.88. The summed E-state index contributed by atoms with van der Waals surface area (Å²) >= 11 is 1.98. The van der Waals surface area contributed by atoms with Crippen LogP contribution in [0.5, 0.6) is 0 Å². The summed E-state index contributed by atoms with van der Waals surface area (Å²) in [5.74, 6) is 1.30. The SMILES string of the molecule is CSCCC(C)N1CC2(CCCCC2)NCC1C. The van der Waals surface area contributed by atoms with E-state index in [1.54, 1.807) is 0 Å². The van der Waals surface area contributed by atoms with E-state index in [2.05, 4.69) is 30.3 Å². The lowest BCUT2D eigenvalue weighted by Gasteiger charge is -2.51. The van der Waals surface area contributed by atoms with Gasteiger partial charge in [-0.1, -0.05) is 19.3 Å². The topological polar surface area (TPSA) is 15.3 Å². The Morgan fingerprint density at radius 1 is 1.33 bits per heavy atom. The van der Waals surface area contributed by atoms with E-state index in [1.807, 2.05) is 11.8 Å². The second-order valence-corrected chi connectivity index (χ2v) is 7.36. The normalized spacial score (nSPS) is 30.5. The molecule has 2 nitrogen and oxygen atoms in total. The molecule has 1 heterocycles. The van der Waals surface area contributed by atoms with Crippen molar-refractivity contribution in [1.82, 2.24) is 10.2 Å². The highest BCUT2D eigenvalue weighted by molar-refractivity contribution is 7.98. The summed E-state index contributed by atoms with van der Waals surface area (Å²) in [4.78, 5) is 2.78. The highest BCUT2D eigenvalue weighted by Gasteiger charge is 2.39. The van der Waals surface area contributed by atoms with Gasteiger partial charge >= 0.3 is 0 Å². The number of rotatable bonds is 4. The fourth-order valence-electron chi connectivity index (χ4n) is 3.65. The summed E-state index contributed by atoms with van der Waals surface area (Å²) < 4.78 is 0. The van der Waals surface area contributed by atoms with Gasteiger partial charge in [-0.2, -0.15) is 11.8 Å². The van der Waals surface area contributed by atoms with Gasteiger partial charge in [-0.05, 0) is 45.1 Å². The average Bonchev–Trinajstić information content (AvgIpc) is 2.40. The van der Waals surface area contributed by atoms with Crippen LogP contribution in [0.4, 0.5) is 0 Å². The van der Waals surface area contributed by atoms with E-state index in [-0.39, 0.29) is 0 Å². The first-order valence-corrected chi connectivity index (χ1v) is 9.06. The number of nitrogens with zero attached hydrogens (tertiary/aromatic N) is 1. The highest BCUT2D eigenvalue weighted by atomic mass is 32.2. The van der Waals surface area contributed by atoms with Gasteiger partial charge in [-0.15, -0.1) is 0 Å². The third-order valence-corrected chi connectivity index (χ3v) is 5.58. The van der Waals surface area contributed by atoms with Gasteiger partial charge in [0, 0.05) is 30.7 Å². The third-order valence-electron chi connectivity index (χ3n) is 4.94. The first-order valence-electron chi connectivity index (χ1n) is 7.66. The van der Waals surface area contributed by atoms with Crippen LogP contribution in [0.3, 0.4) is 0 Å². The van der Waals surface area contributed by atoms with Gasteiger partial charge < -0.3 is 5.32 Å². The van der Waals surface area contributed by atoms with Crippen LogP contribution in [-0.2, 0) is 0 Å². The molecule has 1 saturated carbocycles. The van der Waals surface area contributed by atoms with Crippen molar-refractivity contribution in [2.45, 2.75) is 70.0 Å². The average molecular weight is 270 g/mol. The van der Waals surface area contributed by atoms with Crippen molar-refractivity contribution in [1.29, 1.82) is 0 Å². The Morgan fingerprint density at radius 2 is 2.06 bits per heavy atom. The fraction of sp³-hybridized carbons (Fsp3) is 1.00. The van der Waals surface area contributed by atoms with Crippen molar-refractivity contribution in [2.75, 3.05) is 25.1 Å². The predicted molar refractivity (Wildman–Crippen MR) is 82.4 cm³/mol. The molecule has 1 aliphatic carbocycles. The molecule has 1 spiro atoms. The van der Waals surface area contributed by atoms with Crippen molar-refractivity contribution < 1.29 is 0 Å². The van der Waals surface area contributed by atoms with E-state index in [4.69, 9.17) is 0 Å². The molecular formula is C15H30N2S. The Kier molecular flexibility index (Phi) is 5.40. The van der Waals surface area contributed by atoms with Gasteiger partial charge in [0.2, 0.25) is 0 Å². The van der Waals surface area contributed by atoms with Gasteiger partial charge in [0.25, 0.3) is 0 Å². The quantitative estimate of drug-likeness (QED) is 0.845. The van der Waals surface area contributed by atoms with E-state index in [9.17, 15) is 0 Å². The number of nitrogens with one attached hydrogen (secondary N) is 1. The first kappa shape index (κ1) is 14.7. The molecule has 0 aromatic heterocycles. The standard InChI is InChI=1S/C15H30N2S/c1-13(7-10-18-3)17-12-15(16-11-14(17)2)8-5-4-6-9-15/h13-14,16H,4-12H2,1-3H3. The molecule has 2 atom stereocenters. The van der Waals surface area contributed by atoms with E-state index >= 15 is 0 Å².